The highest BCUT2D eigenvalue weighted by molar-refractivity contribution is 5.94. The molecule has 0 aliphatic carbocycles. The van der Waals surface area contributed by atoms with E-state index in [0.29, 0.717) is 5.56 Å². The summed E-state index contributed by atoms with van der Waals surface area (Å²) < 4.78 is 0. The van der Waals surface area contributed by atoms with Crippen molar-refractivity contribution in [1.82, 2.24) is 5.32 Å². The van der Waals surface area contributed by atoms with Crippen molar-refractivity contribution in [2.24, 2.45) is 0 Å². The minimum absolute atomic E-state index is 0.0246. The lowest BCUT2D eigenvalue weighted by molar-refractivity contribution is 0.0915. The molecule has 0 saturated heterocycles. The minimum atomic E-state index is -0.167. The minimum Gasteiger partial charge on any atom is -0.394 e. The quantitative estimate of drug-likeness (QED) is 0.829. The van der Waals surface area contributed by atoms with Crippen molar-refractivity contribution in [3.63, 3.8) is 0 Å². The number of rotatable bonds is 6. The van der Waals surface area contributed by atoms with Crippen molar-refractivity contribution in [3.05, 3.63) is 35.4 Å². The van der Waals surface area contributed by atoms with E-state index < -0.39 is 0 Å². The molecule has 106 valence electrons. The largest absolute Gasteiger partial charge is 0.394 e. The van der Waals surface area contributed by atoms with Crippen molar-refractivity contribution in [2.45, 2.75) is 52.0 Å². The zero-order chi connectivity index (χ0) is 14.5. The molecule has 1 aromatic rings. The van der Waals surface area contributed by atoms with Gasteiger partial charge in [0.2, 0.25) is 0 Å². The Kier molecular flexibility index (Phi) is 5.55. The van der Waals surface area contributed by atoms with E-state index in [-0.39, 0.29) is 24.0 Å². The first-order valence-electron chi connectivity index (χ1n) is 6.96. The van der Waals surface area contributed by atoms with Gasteiger partial charge in [0.25, 0.3) is 5.91 Å². The second-order valence-electron chi connectivity index (χ2n) is 5.58. The maximum absolute atomic E-state index is 12.0. The molecular weight excluding hydrogens is 238 g/mol. The zero-order valence-corrected chi connectivity index (χ0v) is 12.4. The molecule has 1 atom stereocenters. The Labute approximate surface area is 116 Å². The summed E-state index contributed by atoms with van der Waals surface area (Å²) in [6.45, 7) is 8.47. The predicted molar refractivity (Wildman–Crippen MR) is 78.4 cm³/mol. The van der Waals surface area contributed by atoms with Gasteiger partial charge in [-0.3, -0.25) is 4.79 Å². The lowest BCUT2D eigenvalue weighted by Gasteiger charge is -2.23. The number of amides is 1. The summed E-state index contributed by atoms with van der Waals surface area (Å²) in [6, 6.07) is 7.56. The molecule has 1 rings (SSSR count). The van der Waals surface area contributed by atoms with Crippen LogP contribution >= 0.6 is 0 Å². The van der Waals surface area contributed by atoms with Gasteiger partial charge in [-0.15, -0.1) is 0 Å². The Morgan fingerprint density at radius 2 is 1.84 bits per heavy atom. The van der Waals surface area contributed by atoms with Crippen molar-refractivity contribution in [3.8, 4) is 0 Å². The number of aliphatic hydroxyl groups excluding tert-OH is 1. The van der Waals surface area contributed by atoms with E-state index in [1.165, 1.54) is 5.56 Å². The Morgan fingerprint density at radius 1 is 1.26 bits per heavy atom. The molecule has 0 radical (unpaired) electrons. The van der Waals surface area contributed by atoms with Gasteiger partial charge in [0, 0.05) is 5.56 Å². The molecule has 1 unspecified atom stereocenters. The standard InChI is InChI=1S/C16H25NO2/c1-5-14(11-18)17-15(19)12-7-9-13(10-8-12)16(3,4)6-2/h7-10,14,18H,5-6,11H2,1-4H3,(H,17,19). The van der Waals surface area contributed by atoms with Crippen LogP contribution in [0.2, 0.25) is 0 Å². The van der Waals surface area contributed by atoms with E-state index in [0.717, 1.165) is 12.8 Å². The number of nitrogens with one attached hydrogen (secondary N) is 1. The van der Waals surface area contributed by atoms with Crippen LogP contribution in [0.15, 0.2) is 24.3 Å². The van der Waals surface area contributed by atoms with Gasteiger partial charge in [-0.25, -0.2) is 0 Å². The number of hydrogen-bond donors (Lipinski definition) is 2. The molecule has 0 aliphatic heterocycles. The first-order valence-corrected chi connectivity index (χ1v) is 6.96. The van der Waals surface area contributed by atoms with Gasteiger partial charge >= 0.3 is 0 Å². The third kappa shape index (κ3) is 4.06. The fraction of sp³-hybridized carbons (Fsp3) is 0.562. The fourth-order valence-electron chi connectivity index (χ4n) is 1.82. The van der Waals surface area contributed by atoms with Crippen molar-refractivity contribution in [1.29, 1.82) is 0 Å². The average molecular weight is 263 g/mol. The summed E-state index contributed by atoms with van der Waals surface area (Å²) in [6.07, 6.45) is 1.78. The molecule has 0 heterocycles. The van der Waals surface area contributed by atoms with Crippen LogP contribution < -0.4 is 5.32 Å². The van der Waals surface area contributed by atoms with E-state index in [4.69, 9.17) is 5.11 Å². The van der Waals surface area contributed by atoms with Gasteiger partial charge in [-0.05, 0) is 36.0 Å². The number of benzene rings is 1. The van der Waals surface area contributed by atoms with Crippen LogP contribution in [-0.2, 0) is 5.41 Å². The maximum Gasteiger partial charge on any atom is 0.251 e. The molecule has 0 fully saturated rings. The Balaban J connectivity index is 2.79. The number of carbonyl (C=O) groups excluding carboxylic acids is 1. The third-order valence-electron chi connectivity index (χ3n) is 3.86. The molecule has 0 spiro atoms. The molecule has 3 nitrogen and oxygen atoms in total. The van der Waals surface area contributed by atoms with Crippen LogP contribution in [0.4, 0.5) is 0 Å². The van der Waals surface area contributed by atoms with E-state index in [1.807, 2.05) is 31.2 Å². The summed E-state index contributed by atoms with van der Waals surface area (Å²) in [5, 5.41) is 11.9. The number of carbonyl (C=O) groups is 1. The lowest BCUT2D eigenvalue weighted by atomic mass is 9.82. The van der Waals surface area contributed by atoms with Crippen LogP contribution in [0, 0.1) is 0 Å². The van der Waals surface area contributed by atoms with E-state index in [9.17, 15) is 4.79 Å². The van der Waals surface area contributed by atoms with E-state index in [2.05, 4.69) is 26.1 Å². The molecule has 3 heteroatoms. The molecule has 1 aromatic carbocycles. The van der Waals surface area contributed by atoms with Crippen molar-refractivity contribution in [2.75, 3.05) is 6.61 Å². The Bertz CT molecular complexity index is 405. The molecule has 2 N–H and O–H groups in total. The van der Waals surface area contributed by atoms with Crippen molar-refractivity contribution < 1.29 is 9.90 Å². The summed E-state index contributed by atoms with van der Waals surface area (Å²) in [7, 11) is 0. The van der Waals surface area contributed by atoms with Gasteiger partial charge in [-0.2, -0.15) is 0 Å². The summed E-state index contributed by atoms with van der Waals surface area (Å²) in [4.78, 5) is 12.0. The Morgan fingerprint density at radius 3 is 2.26 bits per heavy atom. The SMILES string of the molecule is CCC(CO)NC(=O)c1ccc(C(C)(C)CC)cc1. The molecule has 0 aliphatic rings. The maximum atomic E-state index is 12.0. The van der Waals surface area contributed by atoms with Crippen LogP contribution in [0.25, 0.3) is 0 Å². The molecule has 1 amide bonds. The highest BCUT2D eigenvalue weighted by atomic mass is 16.3. The van der Waals surface area contributed by atoms with Crippen molar-refractivity contribution >= 4 is 5.91 Å². The second kappa shape index (κ2) is 6.71. The van der Waals surface area contributed by atoms with Gasteiger partial charge in [0.1, 0.15) is 0 Å². The summed E-state index contributed by atoms with van der Waals surface area (Å²) >= 11 is 0. The number of hydrogen-bond acceptors (Lipinski definition) is 2. The normalized spacial score (nSPS) is 13.1. The van der Waals surface area contributed by atoms with Gasteiger partial charge in [0.05, 0.1) is 12.6 Å². The van der Waals surface area contributed by atoms with E-state index >= 15 is 0 Å². The van der Waals surface area contributed by atoms with Gasteiger partial charge in [0.15, 0.2) is 0 Å². The monoisotopic (exact) mass is 263 g/mol. The molecule has 0 aromatic heterocycles. The van der Waals surface area contributed by atoms with Crippen LogP contribution in [0.3, 0.4) is 0 Å². The molecule has 0 saturated carbocycles. The Hall–Kier alpha value is -1.35. The topological polar surface area (TPSA) is 49.3 Å². The lowest BCUT2D eigenvalue weighted by Crippen LogP contribution is -2.36. The molecule has 19 heavy (non-hydrogen) atoms. The first kappa shape index (κ1) is 15.7. The second-order valence-corrected chi connectivity index (χ2v) is 5.58. The van der Waals surface area contributed by atoms with Crippen LogP contribution in [0.5, 0.6) is 0 Å². The van der Waals surface area contributed by atoms with Crippen LogP contribution in [0.1, 0.15) is 56.5 Å². The third-order valence-corrected chi connectivity index (χ3v) is 3.86. The highest BCUT2D eigenvalue weighted by Crippen LogP contribution is 2.26. The summed E-state index contributed by atoms with van der Waals surface area (Å²) in [5.41, 5.74) is 2.01. The molecule has 0 bridgehead atoms. The summed E-state index contributed by atoms with van der Waals surface area (Å²) in [5.74, 6) is -0.123. The highest BCUT2D eigenvalue weighted by Gasteiger charge is 2.18. The van der Waals surface area contributed by atoms with Gasteiger partial charge in [-0.1, -0.05) is 39.8 Å². The number of aliphatic hydroxyl groups is 1. The fourth-order valence-corrected chi connectivity index (χ4v) is 1.82. The zero-order valence-electron chi connectivity index (χ0n) is 12.4. The predicted octanol–water partition coefficient (Wildman–Crippen LogP) is 2.87. The van der Waals surface area contributed by atoms with Gasteiger partial charge < -0.3 is 10.4 Å². The molecular formula is C16H25NO2. The average Bonchev–Trinajstić information content (AvgIpc) is 2.44. The van der Waals surface area contributed by atoms with Crippen LogP contribution in [-0.4, -0.2) is 23.7 Å². The van der Waals surface area contributed by atoms with E-state index in [1.54, 1.807) is 0 Å². The first-order chi connectivity index (χ1) is 8.94. The smallest absolute Gasteiger partial charge is 0.251 e.